The van der Waals surface area contributed by atoms with Gasteiger partial charge in [0.05, 0.1) is 12.8 Å². The van der Waals surface area contributed by atoms with Gasteiger partial charge in [0.25, 0.3) is 0 Å². The van der Waals surface area contributed by atoms with E-state index in [1.54, 1.807) is 0 Å². The van der Waals surface area contributed by atoms with Gasteiger partial charge in [0.1, 0.15) is 23.7 Å². The highest BCUT2D eigenvalue weighted by Crippen LogP contribution is 2.15. The van der Waals surface area contributed by atoms with Crippen molar-refractivity contribution >= 4 is 11.9 Å². The summed E-state index contributed by atoms with van der Waals surface area (Å²) in [5.41, 5.74) is 0. The lowest BCUT2D eigenvalue weighted by molar-refractivity contribution is -0.144. The Morgan fingerprint density at radius 3 is 1.35 bits per heavy atom. The summed E-state index contributed by atoms with van der Waals surface area (Å²) in [5, 5.41) is 35.2. The Bertz CT molecular complexity index is 302. The lowest BCUT2D eigenvalue weighted by Gasteiger charge is -2.21. The zero-order valence-electron chi connectivity index (χ0n) is 9.00. The number of carbonyl (C=O) groups is 2. The van der Waals surface area contributed by atoms with Gasteiger partial charge in [-0.05, 0) is 0 Å². The molecule has 0 aromatic heterocycles. The molecular formula is C10H14O7. The van der Waals surface area contributed by atoms with Crippen LogP contribution < -0.4 is 0 Å². The number of hydrogen-bond acceptors (Lipinski definition) is 5. The molecular weight excluding hydrogens is 232 g/mol. The first-order valence-corrected chi connectivity index (χ1v) is 4.58. The Hall–Kier alpha value is -2.02. The van der Waals surface area contributed by atoms with E-state index < -0.39 is 48.5 Å². The summed E-state index contributed by atoms with van der Waals surface area (Å²) in [5.74, 6) is -3.65. The van der Waals surface area contributed by atoms with Gasteiger partial charge in [-0.3, -0.25) is 9.59 Å². The van der Waals surface area contributed by atoms with E-state index in [0.717, 1.165) is 0 Å². The molecule has 0 aliphatic carbocycles. The van der Waals surface area contributed by atoms with Crippen molar-refractivity contribution in [2.45, 2.75) is 25.0 Å². The molecule has 0 aromatic rings. The number of carboxylic acid groups (broad SMARTS) is 2. The molecule has 0 fully saturated rings. The van der Waals surface area contributed by atoms with Crippen molar-refractivity contribution in [2.24, 2.45) is 0 Å². The summed E-state index contributed by atoms with van der Waals surface area (Å²) in [6.07, 6.45) is -3.81. The minimum absolute atomic E-state index is 0.566. The molecule has 0 aromatic carbocycles. The van der Waals surface area contributed by atoms with E-state index >= 15 is 0 Å². The molecule has 17 heavy (non-hydrogen) atoms. The minimum atomic E-state index is -1.30. The van der Waals surface area contributed by atoms with Gasteiger partial charge in [-0.2, -0.15) is 0 Å². The molecule has 96 valence electrons. The van der Waals surface area contributed by atoms with Crippen molar-refractivity contribution in [3.05, 3.63) is 24.7 Å². The van der Waals surface area contributed by atoms with Crippen LogP contribution in [0.5, 0.6) is 0 Å². The average Bonchev–Trinajstić information content (AvgIpc) is 2.13. The topological polar surface area (TPSA) is 124 Å². The normalized spacial score (nSPS) is 13.6. The third-order valence-corrected chi connectivity index (χ3v) is 1.79. The number of ether oxygens (including phenoxy) is 1. The van der Waals surface area contributed by atoms with Gasteiger partial charge in [-0.1, -0.05) is 13.2 Å². The van der Waals surface area contributed by atoms with Crippen LogP contribution in [0.15, 0.2) is 24.7 Å². The lowest BCUT2D eigenvalue weighted by atomic mass is 10.2. The SMILES string of the molecule is C=C(O)C(CC(=O)O)OC(CC(=O)O)C(=C)O. The van der Waals surface area contributed by atoms with E-state index in [-0.39, 0.29) is 0 Å². The van der Waals surface area contributed by atoms with Gasteiger partial charge in [-0.15, -0.1) is 0 Å². The molecule has 7 nitrogen and oxygen atoms in total. The van der Waals surface area contributed by atoms with Crippen molar-refractivity contribution in [1.82, 2.24) is 0 Å². The molecule has 7 heteroatoms. The molecule has 4 N–H and O–H groups in total. The van der Waals surface area contributed by atoms with Crippen LogP contribution in [-0.4, -0.2) is 44.6 Å². The largest absolute Gasteiger partial charge is 0.510 e. The van der Waals surface area contributed by atoms with Gasteiger partial charge in [0, 0.05) is 0 Å². The second-order valence-electron chi connectivity index (χ2n) is 3.29. The number of aliphatic hydroxyl groups is 2. The fourth-order valence-corrected chi connectivity index (χ4v) is 1.00. The quantitative estimate of drug-likeness (QED) is 0.467. The third-order valence-electron chi connectivity index (χ3n) is 1.79. The summed E-state index contributed by atoms with van der Waals surface area (Å²) in [7, 11) is 0. The van der Waals surface area contributed by atoms with Crippen LogP contribution in [0.25, 0.3) is 0 Å². The monoisotopic (exact) mass is 246 g/mol. The van der Waals surface area contributed by atoms with Gasteiger partial charge in [0.15, 0.2) is 0 Å². The molecule has 0 spiro atoms. The van der Waals surface area contributed by atoms with E-state index in [1.165, 1.54) is 0 Å². The summed E-state index contributed by atoms with van der Waals surface area (Å²) in [6.45, 7) is 6.22. The molecule has 0 radical (unpaired) electrons. The lowest BCUT2D eigenvalue weighted by Crippen LogP contribution is -2.29. The summed E-state index contributed by atoms with van der Waals surface area (Å²) in [6, 6.07) is 0. The molecule has 2 unspecified atom stereocenters. The zero-order valence-corrected chi connectivity index (χ0v) is 9.00. The van der Waals surface area contributed by atoms with Crippen LogP contribution in [0.2, 0.25) is 0 Å². The van der Waals surface area contributed by atoms with Gasteiger partial charge in [0.2, 0.25) is 0 Å². The fraction of sp³-hybridized carbons (Fsp3) is 0.400. The molecule has 0 heterocycles. The Morgan fingerprint density at radius 2 is 1.18 bits per heavy atom. The van der Waals surface area contributed by atoms with Crippen LogP contribution in [0.3, 0.4) is 0 Å². The molecule has 0 aliphatic heterocycles. The minimum Gasteiger partial charge on any atom is -0.510 e. The summed E-state index contributed by atoms with van der Waals surface area (Å²) < 4.78 is 4.93. The highest BCUT2D eigenvalue weighted by Gasteiger charge is 2.25. The summed E-state index contributed by atoms with van der Waals surface area (Å²) >= 11 is 0. The summed E-state index contributed by atoms with van der Waals surface area (Å²) in [4.78, 5) is 20.9. The second kappa shape index (κ2) is 6.54. The van der Waals surface area contributed by atoms with Crippen LogP contribution in [0, 0.1) is 0 Å². The van der Waals surface area contributed by atoms with Crippen LogP contribution in [0.4, 0.5) is 0 Å². The smallest absolute Gasteiger partial charge is 0.306 e. The molecule has 2 atom stereocenters. The number of hydrogen-bond donors (Lipinski definition) is 4. The number of rotatable bonds is 8. The van der Waals surface area contributed by atoms with Crippen molar-refractivity contribution in [2.75, 3.05) is 0 Å². The standard InChI is InChI=1S/C10H14O7/c1-5(11)7(3-9(13)14)17-8(6(2)12)4-10(15)16/h7-8,11-12H,1-4H2,(H,13,14)(H,15,16). The van der Waals surface area contributed by atoms with E-state index in [4.69, 9.17) is 25.2 Å². The third kappa shape index (κ3) is 6.21. The van der Waals surface area contributed by atoms with Crippen molar-refractivity contribution in [1.29, 1.82) is 0 Å². The zero-order chi connectivity index (χ0) is 13.6. The van der Waals surface area contributed by atoms with Gasteiger partial charge < -0.3 is 25.2 Å². The molecule has 0 amide bonds. The first kappa shape index (κ1) is 15.0. The first-order valence-electron chi connectivity index (χ1n) is 4.58. The maximum absolute atomic E-state index is 10.5. The second-order valence-corrected chi connectivity index (χ2v) is 3.29. The molecule has 0 saturated heterocycles. The maximum atomic E-state index is 10.5. The predicted octanol–water partition coefficient (Wildman–Crippen LogP) is 0.833. The Morgan fingerprint density at radius 1 is 0.882 bits per heavy atom. The average molecular weight is 246 g/mol. The van der Waals surface area contributed by atoms with Crippen molar-refractivity contribution < 1.29 is 34.8 Å². The van der Waals surface area contributed by atoms with Crippen molar-refractivity contribution in [3.8, 4) is 0 Å². The Balaban J connectivity index is 4.67. The maximum Gasteiger partial charge on any atom is 0.306 e. The number of aliphatic carboxylic acids is 2. The van der Waals surface area contributed by atoms with Crippen LogP contribution in [0.1, 0.15) is 12.8 Å². The fourth-order valence-electron chi connectivity index (χ4n) is 1.00. The molecule has 0 bridgehead atoms. The Labute approximate surface area is 97.3 Å². The number of carboxylic acids is 2. The highest BCUT2D eigenvalue weighted by atomic mass is 16.5. The van der Waals surface area contributed by atoms with Crippen molar-refractivity contribution in [3.63, 3.8) is 0 Å². The molecule has 0 rings (SSSR count). The Kier molecular flexibility index (Phi) is 5.76. The van der Waals surface area contributed by atoms with E-state index in [9.17, 15) is 9.59 Å². The number of aliphatic hydroxyl groups excluding tert-OH is 2. The van der Waals surface area contributed by atoms with E-state index in [2.05, 4.69) is 13.2 Å². The highest BCUT2D eigenvalue weighted by molar-refractivity contribution is 5.68. The predicted molar refractivity (Wildman–Crippen MR) is 56.7 cm³/mol. The molecule has 0 aliphatic rings. The molecule has 0 saturated carbocycles. The van der Waals surface area contributed by atoms with Crippen LogP contribution >= 0.6 is 0 Å². The van der Waals surface area contributed by atoms with Crippen LogP contribution in [-0.2, 0) is 14.3 Å². The van der Waals surface area contributed by atoms with Gasteiger partial charge in [-0.25, -0.2) is 0 Å². The first-order chi connectivity index (χ1) is 7.73. The van der Waals surface area contributed by atoms with Gasteiger partial charge >= 0.3 is 11.9 Å². The van der Waals surface area contributed by atoms with E-state index in [0.29, 0.717) is 0 Å². The van der Waals surface area contributed by atoms with E-state index in [1.807, 2.05) is 0 Å².